The topological polar surface area (TPSA) is 19.4 Å². The number of rotatable bonds is 8. The Kier molecular flexibility index (Phi) is 10.0. The van der Waals surface area contributed by atoms with Crippen molar-refractivity contribution in [1.29, 1.82) is 0 Å². The number of nitrogens with zero attached hydrogens (tertiary/aromatic N) is 3. The van der Waals surface area contributed by atoms with E-state index in [0.717, 1.165) is 39.8 Å². The summed E-state index contributed by atoms with van der Waals surface area (Å²) in [7, 11) is 0. The second-order valence-corrected chi connectivity index (χ2v) is 21.6. The summed E-state index contributed by atoms with van der Waals surface area (Å²) in [6, 6.07) is 103. The fraction of sp³-hybridized carbons (Fsp3) is 0.0135. The Morgan fingerprint density at radius 3 is 1.45 bits per heavy atom. The lowest BCUT2D eigenvalue weighted by Gasteiger charge is -2.34. The maximum Gasteiger partial charge on any atom is 0.0759 e. The van der Waals surface area contributed by atoms with E-state index in [4.69, 9.17) is 4.98 Å². The minimum absolute atomic E-state index is 0.787. The largest absolute Gasteiger partial charge is 0.310 e. The Morgan fingerprint density at radius 1 is 0.321 bits per heavy atom. The van der Waals surface area contributed by atoms with Crippen molar-refractivity contribution < 1.29 is 0 Å². The van der Waals surface area contributed by atoms with Crippen LogP contribution in [0.5, 0.6) is 0 Å². The minimum atomic E-state index is -0.787. The molecule has 0 amide bonds. The van der Waals surface area contributed by atoms with Gasteiger partial charge in [0.15, 0.2) is 0 Å². The Hall–Kier alpha value is -9.87. The number of aromatic nitrogens is 1. The van der Waals surface area contributed by atoms with Gasteiger partial charge in [-0.15, -0.1) is 11.3 Å². The molecule has 2 heterocycles. The highest BCUT2D eigenvalue weighted by molar-refractivity contribution is 7.26. The average molecular weight is 1010 g/mol. The van der Waals surface area contributed by atoms with E-state index in [2.05, 4.69) is 289 Å². The maximum atomic E-state index is 5.43. The van der Waals surface area contributed by atoms with Crippen molar-refractivity contribution in [3.05, 3.63) is 308 Å². The van der Waals surface area contributed by atoms with Crippen LogP contribution in [0.4, 0.5) is 34.1 Å². The molecule has 0 bridgehead atoms. The third-order valence-corrected chi connectivity index (χ3v) is 17.7. The first-order valence-corrected chi connectivity index (χ1v) is 27.6. The van der Waals surface area contributed by atoms with E-state index in [1.54, 1.807) is 0 Å². The lowest BCUT2D eigenvalue weighted by Crippen LogP contribution is -2.27. The lowest BCUT2D eigenvalue weighted by molar-refractivity contribution is 0.793. The molecule has 0 fully saturated rings. The van der Waals surface area contributed by atoms with E-state index in [1.807, 2.05) is 17.5 Å². The fourth-order valence-electron chi connectivity index (χ4n) is 13.2. The number of fused-ring (bicyclic) bond motifs is 18. The Bertz CT molecular complexity index is 4650. The van der Waals surface area contributed by atoms with Crippen molar-refractivity contribution in [3.8, 4) is 44.6 Å². The van der Waals surface area contributed by atoms with Crippen LogP contribution < -0.4 is 9.80 Å². The summed E-state index contributed by atoms with van der Waals surface area (Å²) in [6.07, 6.45) is 1.99. The van der Waals surface area contributed by atoms with Crippen LogP contribution >= 0.6 is 11.3 Å². The van der Waals surface area contributed by atoms with Gasteiger partial charge in [0.2, 0.25) is 0 Å². The van der Waals surface area contributed by atoms with Crippen molar-refractivity contribution in [2.75, 3.05) is 9.80 Å². The van der Waals surface area contributed by atoms with Gasteiger partial charge in [0.05, 0.1) is 22.5 Å². The summed E-state index contributed by atoms with van der Waals surface area (Å²) in [5, 5.41) is 7.30. The SMILES string of the molecule is c1ccc(-c2ccc(N(c3ccccc3)c3cc4c(c5ccccc35)-c3c(cc(N(c5ccccc5)c5ccc(-c6ccccc6)cc5)c5c3sc3ccccc35)C43c4cccnc4-c4c3ccc3ccccc43)cc2)cc1. The fourth-order valence-corrected chi connectivity index (χ4v) is 14.5. The minimum Gasteiger partial charge on any atom is -0.310 e. The molecule has 78 heavy (non-hydrogen) atoms. The highest BCUT2D eigenvalue weighted by Gasteiger charge is 2.55. The van der Waals surface area contributed by atoms with E-state index in [0.29, 0.717) is 0 Å². The molecule has 2 aliphatic carbocycles. The predicted octanol–water partition coefficient (Wildman–Crippen LogP) is 20.4. The summed E-state index contributed by atoms with van der Waals surface area (Å²) < 4.78 is 2.53. The molecule has 0 saturated heterocycles. The molecular weight excluding hydrogens is 963 g/mol. The molecule has 1 atom stereocenters. The zero-order valence-corrected chi connectivity index (χ0v) is 43.2. The van der Waals surface area contributed by atoms with Crippen LogP contribution in [0, 0.1) is 0 Å². The molecule has 2 aliphatic rings. The van der Waals surface area contributed by atoms with Crippen molar-refractivity contribution >= 4 is 87.2 Å². The molecule has 1 unspecified atom stereocenters. The van der Waals surface area contributed by atoms with Crippen molar-refractivity contribution in [3.63, 3.8) is 0 Å². The summed E-state index contributed by atoms with van der Waals surface area (Å²) in [4.78, 5) is 10.4. The second kappa shape index (κ2) is 17.6. The number of para-hydroxylation sites is 2. The zero-order chi connectivity index (χ0) is 51.3. The highest BCUT2D eigenvalue weighted by Crippen LogP contribution is 2.68. The average Bonchev–Trinajstić information content (AvgIpc) is 3.05. The summed E-state index contributed by atoms with van der Waals surface area (Å²) in [5.74, 6) is 0. The molecule has 14 aromatic rings. The molecule has 0 aliphatic heterocycles. The molecule has 0 N–H and O–H groups in total. The van der Waals surface area contributed by atoms with E-state index >= 15 is 0 Å². The van der Waals surface area contributed by atoms with Crippen molar-refractivity contribution in [1.82, 2.24) is 4.98 Å². The van der Waals surface area contributed by atoms with Crippen LogP contribution in [-0.4, -0.2) is 4.98 Å². The van der Waals surface area contributed by atoms with E-state index in [9.17, 15) is 0 Å². The molecule has 1 spiro atoms. The third kappa shape index (κ3) is 6.54. The smallest absolute Gasteiger partial charge is 0.0759 e. The number of hydrogen-bond acceptors (Lipinski definition) is 4. The molecular formula is C74H47N3S. The predicted molar refractivity (Wildman–Crippen MR) is 329 cm³/mol. The summed E-state index contributed by atoms with van der Waals surface area (Å²) >= 11 is 1.92. The highest BCUT2D eigenvalue weighted by atomic mass is 32.1. The van der Waals surface area contributed by atoms with Crippen molar-refractivity contribution in [2.24, 2.45) is 0 Å². The van der Waals surface area contributed by atoms with Gasteiger partial charge >= 0.3 is 0 Å². The molecule has 364 valence electrons. The van der Waals surface area contributed by atoms with Gasteiger partial charge in [-0.1, -0.05) is 206 Å². The van der Waals surface area contributed by atoms with Crippen LogP contribution in [-0.2, 0) is 5.41 Å². The number of benzene rings is 12. The first-order valence-electron chi connectivity index (χ1n) is 26.8. The molecule has 16 rings (SSSR count). The zero-order valence-electron chi connectivity index (χ0n) is 42.4. The van der Waals surface area contributed by atoms with Gasteiger partial charge in [-0.25, -0.2) is 0 Å². The summed E-state index contributed by atoms with van der Waals surface area (Å²) in [5.41, 5.74) is 20.3. The van der Waals surface area contributed by atoms with Gasteiger partial charge in [-0.2, -0.15) is 0 Å². The van der Waals surface area contributed by atoms with E-state index in [-0.39, 0.29) is 0 Å². The molecule has 0 saturated carbocycles. The van der Waals surface area contributed by atoms with Crippen LogP contribution in [0.15, 0.2) is 285 Å². The maximum absolute atomic E-state index is 5.43. The summed E-state index contributed by atoms with van der Waals surface area (Å²) in [6.45, 7) is 0. The number of thiophene rings is 1. The van der Waals surface area contributed by atoms with E-state index in [1.165, 1.54) is 103 Å². The van der Waals surface area contributed by atoms with Crippen LogP contribution in [0.1, 0.15) is 22.3 Å². The Balaban J connectivity index is 1.05. The van der Waals surface area contributed by atoms with Gasteiger partial charge in [-0.3, -0.25) is 4.98 Å². The van der Waals surface area contributed by atoms with Crippen molar-refractivity contribution in [2.45, 2.75) is 5.41 Å². The number of anilines is 6. The lowest BCUT2D eigenvalue weighted by atomic mass is 9.70. The van der Waals surface area contributed by atoms with Gasteiger partial charge in [0.25, 0.3) is 0 Å². The van der Waals surface area contributed by atoms with Gasteiger partial charge in [0, 0.05) is 65.6 Å². The van der Waals surface area contributed by atoms with Crippen LogP contribution in [0.2, 0.25) is 0 Å². The molecule has 4 heteroatoms. The molecule has 3 nitrogen and oxygen atoms in total. The van der Waals surface area contributed by atoms with Gasteiger partial charge < -0.3 is 9.80 Å². The third-order valence-electron chi connectivity index (χ3n) is 16.5. The van der Waals surface area contributed by atoms with Crippen LogP contribution in [0.25, 0.3) is 86.4 Å². The van der Waals surface area contributed by atoms with Gasteiger partial charge in [-0.05, 0) is 139 Å². The number of hydrogen-bond donors (Lipinski definition) is 0. The number of pyridine rings is 1. The van der Waals surface area contributed by atoms with Crippen LogP contribution in [0.3, 0.4) is 0 Å². The normalized spacial score (nSPS) is 13.9. The standard InChI is InChI=1S/C74H47N3S/c1-5-20-48(21-6-1)50-35-40-55(41-36-50)76(53-25-9-3-10-26-53)65-46-63-68(59-31-16-15-30-58(59)65)71-64(74(63)61-44-39-52-24-13-14-29-57(52)69(61)72-62(74)33-19-45-75-72)47-66(70-60-32-17-18-34-67(60)78-73(70)71)77(54-27-11-4-12-28-54)56-42-37-51(38-43-56)49-22-7-2-8-23-49/h1-47H. The molecule has 0 radical (unpaired) electrons. The van der Waals surface area contributed by atoms with E-state index < -0.39 is 5.41 Å². The molecule has 12 aromatic carbocycles. The monoisotopic (exact) mass is 1010 g/mol. The van der Waals surface area contributed by atoms with Gasteiger partial charge in [0.1, 0.15) is 0 Å². The Morgan fingerprint density at radius 2 is 0.808 bits per heavy atom. The first-order chi connectivity index (χ1) is 38.7. The quantitative estimate of drug-likeness (QED) is 0.151. The molecule has 2 aromatic heterocycles. The second-order valence-electron chi connectivity index (χ2n) is 20.5. The Labute approximate surface area is 456 Å². The first kappa shape index (κ1) is 44.4.